The maximum Gasteiger partial charge on any atom is 0.336 e. The van der Waals surface area contributed by atoms with Gasteiger partial charge in [0.05, 0.1) is 47.8 Å². The number of ether oxygens (including phenoxy) is 1. The number of nitro groups is 1. The smallest absolute Gasteiger partial charge is 0.336 e. The molecule has 0 fully saturated rings. The molecule has 0 amide bonds. The Morgan fingerprint density at radius 1 is 1.27 bits per heavy atom. The van der Waals surface area contributed by atoms with E-state index in [-0.39, 0.29) is 24.5 Å². The summed E-state index contributed by atoms with van der Waals surface area (Å²) in [6.45, 7) is 4.32. The van der Waals surface area contributed by atoms with Crippen LogP contribution in [0.15, 0.2) is 64.4 Å². The van der Waals surface area contributed by atoms with E-state index in [0.29, 0.717) is 29.9 Å². The Labute approximate surface area is 219 Å². The second-order valence-corrected chi connectivity index (χ2v) is 8.14. The molecule has 2 aromatic rings. The number of benzene rings is 1. The van der Waals surface area contributed by atoms with Gasteiger partial charge in [-0.3, -0.25) is 19.9 Å². The highest BCUT2D eigenvalue weighted by atomic mass is 35.5. The molecular weight excluding hydrogens is 504 g/mol. The molecule has 0 saturated heterocycles. The van der Waals surface area contributed by atoms with Crippen LogP contribution in [-0.4, -0.2) is 56.3 Å². The highest BCUT2D eigenvalue weighted by Gasteiger charge is 2.51. The van der Waals surface area contributed by atoms with E-state index < -0.39 is 22.8 Å². The minimum atomic E-state index is -0.860. The van der Waals surface area contributed by atoms with E-state index >= 15 is 0 Å². The Kier molecular flexibility index (Phi) is 9.95. The van der Waals surface area contributed by atoms with Crippen molar-refractivity contribution in [2.45, 2.75) is 39.0 Å². The number of carboxylic acid groups (broad SMARTS) is 1. The minimum Gasteiger partial charge on any atom is -0.481 e. The number of para-hydroxylation sites is 1. The number of allylic oxidation sites excluding steroid dienone is 3. The Hall–Kier alpha value is -4.19. The number of nitro benzene ring substituents is 1. The Morgan fingerprint density at radius 2 is 1.97 bits per heavy atom. The number of aromatic nitrogens is 2. The Morgan fingerprint density at radius 3 is 2.57 bits per heavy atom. The van der Waals surface area contributed by atoms with Crippen LogP contribution in [0, 0.1) is 10.1 Å². The van der Waals surface area contributed by atoms with Crippen LogP contribution < -0.4 is 5.73 Å². The van der Waals surface area contributed by atoms with E-state index in [2.05, 4.69) is 15.0 Å². The average molecular weight is 533 g/mol. The van der Waals surface area contributed by atoms with E-state index in [1.54, 1.807) is 30.7 Å². The van der Waals surface area contributed by atoms with Crippen molar-refractivity contribution in [2.24, 2.45) is 10.7 Å². The summed E-state index contributed by atoms with van der Waals surface area (Å²) in [5.74, 6) is -1.33. The van der Waals surface area contributed by atoms with Gasteiger partial charge in [0.25, 0.3) is 5.69 Å². The molecule has 2 aliphatic heterocycles. The van der Waals surface area contributed by atoms with Gasteiger partial charge in [0.2, 0.25) is 0 Å². The van der Waals surface area contributed by atoms with Gasteiger partial charge in [-0.1, -0.05) is 18.2 Å². The van der Waals surface area contributed by atoms with Gasteiger partial charge in [-0.15, -0.1) is 12.4 Å². The number of nitrogens with two attached hydrogens (primary N) is 1. The topological polar surface area (TPSA) is 177 Å². The number of carbonyl (C=O) groups excluding carboxylic acids is 1. The predicted molar refractivity (Wildman–Crippen MR) is 138 cm³/mol. The van der Waals surface area contributed by atoms with Crippen molar-refractivity contribution in [2.75, 3.05) is 13.7 Å². The number of aliphatic imine (C=N–C) groups is 1. The molecule has 3 heterocycles. The van der Waals surface area contributed by atoms with Gasteiger partial charge in [0.15, 0.2) is 0 Å². The predicted octanol–water partition coefficient (Wildman–Crippen LogP) is 3.28. The highest BCUT2D eigenvalue weighted by Crippen LogP contribution is 2.57. The SMILES string of the molecule is COC(=O)C1=C(C)N2C(C)=C2C1c1ccccc1[N+](=O)[O-].Cl.NC(CCC(=O)O)=NCCc1cnc[nH]1. The first-order valence-electron chi connectivity index (χ1n) is 11.2. The van der Waals surface area contributed by atoms with E-state index in [9.17, 15) is 19.7 Å². The first kappa shape index (κ1) is 29.0. The number of H-pyrrole nitrogens is 1. The number of halogens is 1. The molecule has 1 unspecified atom stereocenters. The maximum atomic E-state index is 12.1. The van der Waals surface area contributed by atoms with E-state index in [0.717, 1.165) is 29.2 Å². The van der Waals surface area contributed by atoms with Crippen molar-refractivity contribution in [1.29, 1.82) is 0 Å². The van der Waals surface area contributed by atoms with Gasteiger partial charge in [0.1, 0.15) is 0 Å². The van der Waals surface area contributed by atoms with Crippen LogP contribution in [-0.2, 0) is 20.7 Å². The normalized spacial score (nSPS) is 15.9. The lowest BCUT2D eigenvalue weighted by Crippen LogP contribution is -2.14. The Balaban J connectivity index is 0.000000268. The van der Waals surface area contributed by atoms with Crippen molar-refractivity contribution in [1.82, 2.24) is 14.9 Å². The summed E-state index contributed by atoms with van der Waals surface area (Å²) in [7, 11) is 1.32. The molecule has 198 valence electrons. The molecule has 0 saturated carbocycles. The lowest BCUT2D eigenvalue weighted by molar-refractivity contribution is -0.385. The third kappa shape index (κ3) is 6.73. The van der Waals surface area contributed by atoms with Gasteiger partial charge in [-0.05, 0) is 13.8 Å². The number of hydrogen-bond donors (Lipinski definition) is 3. The fourth-order valence-corrected chi connectivity index (χ4v) is 4.13. The van der Waals surface area contributed by atoms with E-state index in [1.807, 2.05) is 18.7 Å². The lowest BCUT2D eigenvalue weighted by atomic mass is 9.89. The van der Waals surface area contributed by atoms with E-state index in [4.69, 9.17) is 15.6 Å². The van der Waals surface area contributed by atoms with Gasteiger partial charge < -0.3 is 25.5 Å². The molecule has 2 aliphatic rings. The maximum absolute atomic E-state index is 12.1. The molecule has 1 atom stereocenters. The van der Waals surface area contributed by atoms with Crippen LogP contribution in [0.1, 0.15) is 43.9 Å². The van der Waals surface area contributed by atoms with Crippen LogP contribution in [0.2, 0.25) is 0 Å². The number of aliphatic carboxylic acids is 1. The number of nitrogens with one attached hydrogen (secondary N) is 1. The lowest BCUT2D eigenvalue weighted by Gasteiger charge is -2.13. The summed E-state index contributed by atoms with van der Waals surface area (Å²) >= 11 is 0. The molecule has 37 heavy (non-hydrogen) atoms. The number of esters is 1. The quantitative estimate of drug-likeness (QED) is 0.144. The monoisotopic (exact) mass is 532 g/mol. The third-order valence-corrected chi connectivity index (χ3v) is 5.88. The van der Waals surface area contributed by atoms with Crippen molar-refractivity contribution < 1.29 is 24.4 Å². The third-order valence-electron chi connectivity index (χ3n) is 5.88. The van der Waals surface area contributed by atoms with Crippen molar-refractivity contribution in [3.8, 4) is 0 Å². The van der Waals surface area contributed by atoms with Crippen LogP contribution in [0.5, 0.6) is 0 Å². The summed E-state index contributed by atoms with van der Waals surface area (Å²) in [4.78, 5) is 46.0. The molecule has 4 rings (SSSR count). The molecule has 1 aromatic carbocycles. The highest BCUT2D eigenvalue weighted by molar-refractivity contribution is 5.94. The number of fused-ring (bicyclic) bond motifs is 1. The molecule has 1 aromatic heterocycles. The molecular formula is C24H29ClN6O6. The number of carbonyl (C=O) groups is 2. The Bertz CT molecular complexity index is 1250. The molecule has 12 nitrogen and oxygen atoms in total. The van der Waals surface area contributed by atoms with Crippen LogP contribution >= 0.6 is 12.4 Å². The molecule has 0 radical (unpaired) electrons. The summed E-state index contributed by atoms with van der Waals surface area (Å²) < 4.78 is 4.84. The van der Waals surface area contributed by atoms with Gasteiger partial charge >= 0.3 is 11.9 Å². The van der Waals surface area contributed by atoms with Crippen molar-refractivity contribution in [3.63, 3.8) is 0 Å². The largest absolute Gasteiger partial charge is 0.481 e. The fraction of sp³-hybridized carbons (Fsp3) is 0.333. The second-order valence-electron chi connectivity index (χ2n) is 8.14. The first-order chi connectivity index (χ1) is 17.2. The zero-order chi connectivity index (χ0) is 26.4. The average Bonchev–Trinajstić information content (AvgIpc) is 3.16. The van der Waals surface area contributed by atoms with Crippen molar-refractivity contribution in [3.05, 3.63) is 80.8 Å². The zero-order valence-corrected chi connectivity index (χ0v) is 21.4. The number of rotatable bonds is 9. The van der Waals surface area contributed by atoms with Crippen LogP contribution in [0.3, 0.4) is 0 Å². The molecule has 0 aliphatic carbocycles. The van der Waals surface area contributed by atoms with E-state index in [1.165, 1.54) is 13.2 Å². The van der Waals surface area contributed by atoms with Crippen LogP contribution in [0.4, 0.5) is 5.69 Å². The number of amidine groups is 1. The minimum absolute atomic E-state index is 0. The first-order valence-corrected chi connectivity index (χ1v) is 11.2. The number of imidazole rings is 1. The van der Waals surface area contributed by atoms with Crippen molar-refractivity contribution >= 4 is 35.9 Å². The van der Waals surface area contributed by atoms with Gasteiger partial charge in [-0.2, -0.15) is 0 Å². The zero-order valence-electron chi connectivity index (χ0n) is 20.6. The number of carboxylic acids is 1. The van der Waals surface area contributed by atoms with Gasteiger partial charge in [-0.25, -0.2) is 9.78 Å². The second kappa shape index (κ2) is 12.7. The van der Waals surface area contributed by atoms with Gasteiger partial charge in [0, 0.05) is 54.3 Å². The summed E-state index contributed by atoms with van der Waals surface area (Å²) in [6.07, 6.45) is 4.39. The number of nitrogens with zero attached hydrogens (tertiary/aromatic N) is 4. The number of methoxy groups -OCH3 is 1. The standard InChI is InChI=1S/C15H14N2O4.C9H14N4O2.ClH/c1-8-12(15(18)21-3)13(14-9(2)16(8)14)10-6-4-5-7-11(10)17(19)20;10-8(1-2-9(14)15)12-4-3-7-5-11-6-13-7;/h4-7,13H,1-3H3;5-6H,1-4H2,(H2,10,12)(H,11,13)(H,14,15);1H. The molecule has 4 N–H and O–H groups in total. The van der Waals surface area contributed by atoms with Crippen LogP contribution in [0.25, 0.3) is 0 Å². The summed E-state index contributed by atoms with van der Waals surface area (Å²) in [6, 6.07) is 6.52. The number of aromatic amines is 1. The summed E-state index contributed by atoms with van der Waals surface area (Å²) in [5, 5.41) is 19.7. The fourth-order valence-electron chi connectivity index (χ4n) is 4.13. The molecule has 0 spiro atoms. The molecule has 0 bridgehead atoms. The molecule has 13 heteroatoms. The number of hydrogen-bond acceptors (Lipinski definition) is 8. The summed E-state index contributed by atoms with van der Waals surface area (Å²) in [5.41, 5.74) is 10.3.